The summed E-state index contributed by atoms with van der Waals surface area (Å²) in [4.78, 5) is 0. The Morgan fingerprint density at radius 2 is 1.79 bits per heavy atom. The van der Waals surface area contributed by atoms with E-state index >= 15 is 0 Å². The third-order valence-electron chi connectivity index (χ3n) is 2.97. The van der Waals surface area contributed by atoms with E-state index in [4.69, 9.17) is 5.73 Å². The summed E-state index contributed by atoms with van der Waals surface area (Å²) in [5, 5.41) is 0.515. The summed E-state index contributed by atoms with van der Waals surface area (Å²) >= 11 is 0. The van der Waals surface area contributed by atoms with Crippen molar-refractivity contribution >= 4 is 10.8 Å². The van der Waals surface area contributed by atoms with Crippen LogP contribution >= 0.6 is 0 Å². The lowest BCUT2D eigenvalue weighted by molar-refractivity contribution is 0.504. The van der Waals surface area contributed by atoms with Gasteiger partial charge in [0, 0.05) is 21.8 Å². The number of rotatable bonds is 6. The van der Waals surface area contributed by atoms with Gasteiger partial charge in [-0.05, 0) is 32.2 Å². The zero-order valence-electron chi connectivity index (χ0n) is 9.04. The van der Waals surface area contributed by atoms with Crippen LogP contribution in [0.1, 0.15) is 51.4 Å². The average molecular weight is 217 g/mol. The van der Waals surface area contributed by atoms with E-state index in [0.29, 0.717) is 5.25 Å². The second kappa shape index (κ2) is 7.41. The van der Waals surface area contributed by atoms with Gasteiger partial charge in [-0.3, -0.25) is 4.21 Å². The topological polar surface area (TPSA) is 43.1 Å². The third-order valence-corrected chi connectivity index (χ3v) is 4.88. The second-order valence-electron chi connectivity index (χ2n) is 4.19. The van der Waals surface area contributed by atoms with Crippen molar-refractivity contribution in [3.05, 3.63) is 0 Å². The van der Waals surface area contributed by atoms with Gasteiger partial charge in [0.15, 0.2) is 0 Å². The van der Waals surface area contributed by atoms with Crippen molar-refractivity contribution in [3.63, 3.8) is 0 Å². The molecule has 0 amide bonds. The van der Waals surface area contributed by atoms with E-state index in [1.165, 1.54) is 32.1 Å². The van der Waals surface area contributed by atoms with Gasteiger partial charge in [0.05, 0.1) is 0 Å². The Kier molecular flexibility index (Phi) is 6.45. The van der Waals surface area contributed by atoms with Gasteiger partial charge >= 0.3 is 0 Å². The zero-order chi connectivity index (χ0) is 10.2. The van der Waals surface area contributed by atoms with Crippen molar-refractivity contribution in [1.29, 1.82) is 0 Å². The highest BCUT2D eigenvalue weighted by molar-refractivity contribution is 7.85. The van der Waals surface area contributed by atoms with Gasteiger partial charge in [-0.15, -0.1) is 0 Å². The van der Waals surface area contributed by atoms with Crippen molar-refractivity contribution in [3.8, 4) is 0 Å². The predicted octanol–water partition coefficient (Wildman–Crippen LogP) is 2.20. The Hall–Kier alpha value is 0.110. The predicted molar refractivity (Wildman–Crippen MR) is 62.8 cm³/mol. The quantitative estimate of drug-likeness (QED) is 0.693. The first-order valence-corrected chi connectivity index (χ1v) is 7.30. The van der Waals surface area contributed by atoms with Gasteiger partial charge in [0.25, 0.3) is 0 Å². The molecule has 0 aromatic rings. The fourth-order valence-corrected chi connectivity index (χ4v) is 3.74. The van der Waals surface area contributed by atoms with E-state index in [-0.39, 0.29) is 0 Å². The van der Waals surface area contributed by atoms with Crippen LogP contribution in [0.3, 0.4) is 0 Å². The van der Waals surface area contributed by atoms with Gasteiger partial charge in [0.2, 0.25) is 0 Å². The lowest BCUT2D eigenvalue weighted by Crippen LogP contribution is -2.20. The van der Waals surface area contributed by atoms with Crippen molar-refractivity contribution in [2.75, 3.05) is 12.3 Å². The molecule has 0 spiro atoms. The molecular weight excluding hydrogens is 194 g/mol. The molecule has 0 saturated heterocycles. The van der Waals surface area contributed by atoms with E-state index in [1.54, 1.807) is 0 Å². The Morgan fingerprint density at radius 3 is 2.43 bits per heavy atom. The molecular formula is C11H23NOS. The van der Waals surface area contributed by atoms with Crippen LogP contribution in [0.25, 0.3) is 0 Å². The Morgan fingerprint density at radius 1 is 1.07 bits per heavy atom. The first-order valence-electron chi connectivity index (χ1n) is 5.92. The minimum atomic E-state index is -0.551. The highest BCUT2D eigenvalue weighted by atomic mass is 32.2. The molecule has 0 radical (unpaired) electrons. The Labute approximate surface area is 90.1 Å². The maximum atomic E-state index is 11.8. The normalized spacial score (nSPS) is 20.9. The summed E-state index contributed by atoms with van der Waals surface area (Å²) in [6.07, 6.45) is 9.66. The Bertz CT molecular complexity index is 167. The smallest absolute Gasteiger partial charge is 0.0348 e. The maximum absolute atomic E-state index is 11.8. The van der Waals surface area contributed by atoms with Crippen molar-refractivity contribution in [2.45, 2.75) is 56.6 Å². The van der Waals surface area contributed by atoms with Crippen LogP contribution in [0.2, 0.25) is 0 Å². The maximum Gasteiger partial charge on any atom is 0.0348 e. The molecule has 1 unspecified atom stereocenters. The molecule has 3 heteroatoms. The van der Waals surface area contributed by atoms with Gasteiger partial charge < -0.3 is 5.73 Å². The highest BCUT2D eigenvalue weighted by Crippen LogP contribution is 2.22. The van der Waals surface area contributed by atoms with E-state index in [9.17, 15) is 4.21 Å². The molecule has 14 heavy (non-hydrogen) atoms. The summed E-state index contributed by atoms with van der Waals surface area (Å²) in [7, 11) is -0.551. The molecule has 0 heterocycles. The molecule has 0 aromatic heterocycles. The summed E-state index contributed by atoms with van der Waals surface area (Å²) in [5.41, 5.74) is 5.41. The largest absolute Gasteiger partial charge is 0.330 e. The molecule has 2 N–H and O–H groups in total. The van der Waals surface area contributed by atoms with E-state index in [1.807, 2.05) is 0 Å². The third kappa shape index (κ3) is 4.56. The number of unbranched alkanes of at least 4 members (excludes halogenated alkanes) is 2. The molecule has 1 aliphatic rings. The highest BCUT2D eigenvalue weighted by Gasteiger charge is 2.18. The molecule has 2 nitrogen and oxygen atoms in total. The molecule has 0 aliphatic heterocycles. The Balaban J connectivity index is 2.07. The van der Waals surface area contributed by atoms with Crippen LogP contribution in [0, 0.1) is 0 Å². The molecule has 1 aliphatic carbocycles. The fourth-order valence-electron chi connectivity index (χ4n) is 2.06. The molecule has 1 rings (SSSR count). The zero-order valence-corrected chi connectivity index (χ0v) is 9.86. The molecule has 0 aromatic carbocycles. The summed E-state index contributed by atoms with van der Waals surface area (Å²) in [5.74, 6) is 0.907. The lowest BCUT2D eigenvalue weighted by atomic mass is 10.0. The van der Waals surface area contributed by atoms with E-state index in [2.05, 4.69) is 0 Å². The number of nitrogens with two attached hydrogens (primary N) is 1. The fraction of sp³-hybridized carbons (Fsp3) is 1.00. The minimum absolute atomic E-state index is 0.515. The minimum Gasteiger partial charge on any atom is -0.330 e. The van der Waals surface area contributed by atoms with Crippen molar-refractivity contribution in [1.82, 2.24) is 0 Å². The van der Waals surface area contributed by atoms with E-state index in [0.717, 1.165) is 31.6 Å². The van der Waals surface area contributed by atoms with Gasteiger partial charge in [-0.25, -0.2) is 0 Å². The van der Waals surface area contributed by atoms with E-state index < -0.39 is 10.8 Å². The monoisotopic (exact) mass is 217 g/mol. The standard InChI is InChI=1S/C11H23NOS/c12-9-5-2-6-10-14(13)11-7-3-1-4-8-11/h11H,1-10,12H2. The van der Waals surface area contributed by atoms with Crippen LogP contribution in [0.4, 0.5) is 0 Å². The lowest BCUT2D eigenvalue weighted by Gasteiger charge is -2.20. The summed E-state index contributed by atoms with van der Waals surface area (Å²) in [6, 6.07) is 0. The van der Waals surface area contributed by atoms with Gasteiger partial charge in [-0.1, -0.05) is 25.7 Å². The van der Waals surface area contributed by atoms with Crippen LogP contribution in [0.5, 0.6) is 0 Å². The average Bonchev–Trinajstić information content (AvgIpc) is 2.25. The van der Waals surface area contributed by atoms with Gasteiger partial charge in [-0.2, -0.15) is 0 Å². The van der Waals surface area contributed by atoms with Crippen LogP contribution in [-0.4, -0.2) is 21.8 Å². The molecule has 1 atom stereocenters. The summed E-state index contributed by atoms with van der Waals surface area (Å²) < 4.78 is 11.8. The van der Waals surface area contributed by atoms with Crippen LogP contribution in [0.15, 0.2) is 0 Å². The summed E-state index contributed by atoms with van der Waals surface area (Å²) in [6.45, 7) is 0.774. The van der Waals surface area contributed by atoms with Gasteiger partial charge in [0.1, 0.15) is 0 Å². The van der Waals surface area contributed by atoms with Crippen LogP contribution in [-0.2, 0) is 10.8 Å². The number of hydrogen-bond donors (Lipinski definition) is 1. The second-order valence-corrected chi connectivity index (χ2v) is 6.03. The van der Waals surface area contributed by atoms with Crippen molar-refractivity contribution in [2.24, 2.45) is 5.73 Å². The molecule has 0 bridgehead atoms. The molecule has 1 saturated carbocycles. The molecule has 84 valence electrons. The number of hydrogen-bond acceptors (Lipinski definition) is 2. The first-order chi connectivity index (χ1) is 6.84. The molecule has 1 fully saturated rings. The van der Waals surface area contributed by atoms with Crippen LogP contribution < -0.4 is 5.73 Å². The first kappa shape index (κ1) is 12.2. The SMILES string of the molecule is NCCCCCS(=O)C1CCCCC1. The van der Waals surface area contributed by atoms with Crippen molar-refractivity contribution < 1.29 is 4.21 Å².